The SMILES string of the molecule is COc1ccc(/C=C/C(=O)N(c2ccccn2)C2CCCCC2)cc1OC. The van der Waals surface area contributed by atoms with Crippen LogP contribution >= 0.6 is 0 Å². The van der Waals surface area contributed by atoms with Crippen molar-refractivity contribution in [2.45, 2.75) is 38.1 Å². The van der Waals surface area contributed by atoms with Crippen molar-refractivity contribution in [1.29, 1.82) is 0 Å². The average molecular weight is 366 g/mol. The van der Waals surface area contributed by atoms with Gasteiger partial charge in [-0.15, -0.1) is 0 Å². The van der Waals surface area contributed by atoms with E-state index in [1.807, 2.05) is 47.4 Å². The molecule has 1 aliphatic carbocycles. The normalized spacial score (nSPS) is 14.9. The minimum atomic E-state index is -0.0459. The quantitative estimate of drug-likeness (QED) is 0.708. The van der Waals surface area contributed by atoms with E-state index in [1.54, 1.807) is 26.5 Å². The molecule has 5 nitrogen and oxygen atoms in total. The number of carbonyl (C=O) groups excluding carboxylic acids is 1. The molecule has 0 atom stereocenters. The van der Waals surface area contributed by atoms with E-state index in [2.05, 4.69) is 4.98 Å². The van der Waals surface area contributed by atoms with Gasteiger partial charge in [0.15, 0.2) is 11.5 Å². The zero-order valence-corrected chi connectivity index (χ0v) is 15.9. The van der Waals surface area contributed by atoms with Crippen molar-refractivity contribution in [3.8, 4) is 11.5 Å². The third kappa shape index (κ3) is 4.67. The number of hydrogen-bond donors (Lipinski definition) is 0. The fraction of sp³-hybridized carbons (Fsp3) is 0.364. The van der Waals surface area contributed by atoms with Crippen molar-refractivity contribution in [3.63, 3.8) is 0 Å². The zero-order chi connectivity index (χ0) is 19.1. The molecule has 0 saturated heterocycles. The van der Waals surface area contributed by atoms with Crippen LogP contribution < -0.4 is 14.4 Å². The van der Waals surface area contributed by atoms with Gasteiger partial charge in [-0.25, -0.2) is 4.98 Å². The molecule has 1 amide bonds. The molecule has 0 aliphatic heterocycles. The Labute approximate surface area is 160 Å². The number of nitrogens with zero attached hydrogens (tertiary/aromatic N) is 2. The van der Waals surface area contributed by atoms with E-state index in [0.717, 1.165) is 31.2 Å². The molecule has 3 rings (SSSR count). The van der Waals surface area contributed by atoms with Crippen molar-refractivity contribution >= 4 is 17.8 Å². The fourth-order valence-electron chi connectivity index (χ4n) is 3.52. The molecule has 0 unspecified atom stereocenters. The van der Waals surface area contributed by atoms with Crippen LogP contribution in [0.3, 0.4) is 0 Å². The largest absolute Gasteiger partial charge is 0.493 e. The first-order chi connectivity index (χ1) is 13.2. The van der Waals surface area contributed by atoms with Crippen molar-refractivity contribution in [1.82, 2.24) is 4.98 Å². The number of ether oxygens (including phenoxy) is 2. The number of pyridine rings is 1. The van der Waals surface area contributed by atoms with Crippen LogP contribution in [0.15, 0.2) is 48.7 Å². The van der Waals surface area contributed by atoms with Gasteiger partial charge in [-0.3, -0.25) is 9.69 Å². The number of hydrogen-bond acceptors (Lipinski definition) is 4. The van der Waals surface area contributed by atoms with Gasteiger partial charge in [0.25, 0.3) is 5.91 Å². The smallest absolute Gasteiger partial charge is 0.252 e. The highest BCUT2D eigenvalue weighted by Crippen LogP contribution is 2.29. The lowest BCUT2D eigenvalue weighted by molar-refractivity contribution is -0.114. The van der Waals surface area contributed by atoms with Crippen LogP contribution in [-0.2, 0) is 4.79 Å². The van der Waals surface area contributed by atoms with Gasteiger partial charge >= 0.3 is 0 Å². The Kier molecular flexibility index (Phi) is 6.47. The number of rotatable bonds is 6. The molecule has 2 aromatic rings. The lowest BCUT2D eigenvalue weighted by atomic mass is 9.94. The second kappa shape index (κ2) is 9.21. The summed E-state index contributed by atoms with van der Waals surface area (Å²) >= 11 is 0. The van der Waals surface area contributed by atoms with Gasteiger partial charge < -0.3 is 9.47 Å². The molecule has 0 spiro atoms. The van der Waals surface area contributed by atoms with Gasteiger partial charge in [0, 0.05) is 18.3 Å². The van der Waals surface area contributed by atoms with E-state index < -0.39 is 0 Å². The highest BCUT2D eigenvalue weighted by Gasteiger charge is 2.26. The number of aromatic nitrogens is 1. The van der Waals surface area contributed by atoms with E-state index in [0.29, 0.717) is 17.3 Å². The van der Waals surface area contributed by atoms with Gasteiger partial charge in [0.05, 0.1) is 14.2 Å². The number of anilines is 1. The number of benzene rings is 1. The summed E-state index contributed by atoms with van der Waals surface area (Å²) in [7, 11) is 3.20. The standard InChI is InChI=1S/C22H26N2O3/c1-26-19-13-11-17(16-20(19)27-2)12-14-22(25)24(18-8-4-3-5-9-18)21-10-6-7-15-23-21/h6-7,10-16,18H,3-5,8-9H2,1-2H3/b14-12+. The lowest BCUT2D eigenvalue weighted by Gasteiger charge is -2.32. The highest BCUT2D eigenvalue weighted by molar-refractivity contribution is 6.03. The van der Waals surface area contributed by atoms with Crippen LogP contribution in [0.25, 0.3) is 6.08 Å². The molecule has 0 N–H and O–H groups in total. The van der Waals surface area contributed by atoms with E-state index >= 15 is 0 Å². The third-order valence-electron chi connectivity index (χ3n) is 4.90. The number of amides is 1. The summed E-state index contributed by atoms with van der Waals surface area (Å²) in [4.78, 5) is 19.3. The first-order valence-electron chi connectivity index (χ1n) is 9.37. The molecule has 1 saturated carbocycles. The van der Waals surface area contributed by atoms with Gasteiger partial charge in [-0.1, -0.05) is 31.4 Å². The third-order valence-corrected chi connectivity index (χ3v) is 4.90. The Morgan fingerprint density at radius 2 is 1.85 bits per heavy atom. The van der Waals surface area contributed by atoms with E-state index in [9.17, 15) is 4.79 Å². The Balaban J connectivity index is 1.83. The summed E-state index contributed by atoms with van der Waals surface area (Å²) in [6.45, 7) is 0. The molecule has 1 aromatic carbocycles. The number of carbonyl (C=O) groups is 1. The topological polar surface area (TPSA) is 51.7 Å². The molecule has 142 valence electrons. The van der Waals surface area contributed by atoms with Crippen molar-refractivity contribution in [2.24, 2.45) is 0 Å². The maximum Gasteiger partial charge on any atom is 0.252 e. The molecule has 1 aliphatic rings. The second-order valence-electron chi connectivity index (χ2n) is 6.64. The van der Waals surface area contributed by atoms with Crippen LogP contribution in [-0.4, -0.2) is 31.2 Å². The van der Waals surface area contributed by atoms with Gasteiger partial charge in [-0.05, 0) is 48.7 Å². The minimum absolute atomic E-state index is 0.0459. The van der Waals surface area contributed by atoms with Crippen LogP contribution in [0.1, 0.15) is 37.7 Å². The lowest BCUT2D eigenvalue weighted by Crippen LogP contribution is -2.41. The van der Waals surface area contributed by atoms with Crippen molar-refractivity contribution < 1.29 is 14.3 Å². The fourth-order valence-corrected chi connectivity index (χ4v) is 3.52. The summed E-state index contributed by atoms with van der Waals surface area (Å²) < 4.78 is 10.6. The van der Waals surface area contributed by atoms with Crippen LogP contribution in [0.4, 0.5) is 5.82 Å². The molecule has 0 radical (unpaired) electrons. The highest BCUT2D eigenvalue weighted by atomic mass is 16.5. The van der Waals surface area contributed by atoms with Gasteiger partial charge in [-0.2, -0.15) is 0 Å². The second-order valence-corrected chi connectivity index (χ2v) is 6.64. The molecule has 1 aromatic heterocycles. The maximum absolute atomic E-state index is 13.0. The summed E-state index contributed by atoms with van der Waals surface area (Å²) in [5, 5.41) is 0. The van der Waals surface area contributed by atoms with E-state index in [-0.39, 0.29) is 11.9 Å². The summed E-state index contributed by atoms with van der Waals surface area (Å²) in [6, 6.07) is 11.5. The Bertz CT molecular complexity index is 783. The van der Waals surface area contributed by atoms with Crippen LogP contribution in [0.5, 0.6) is 11.5 Å². The summed E-state index contributed by atoms with van der Waals surface area (Å²) in [5.74, 6) is 1.97. The van der Waals surface area contributed by atoms with Crippen molar-refractivity contribution in [2.75, 3.05) is 19.1 Å². The molecule has 1 heterocycles. The Hall–Kier alpha value is -2.82. The van der Waals surface area contributed by atoms with Crippen LogP contribution in [0, 0.1) is 0 Å². The molecular formula is C22H26N2O3. The molecule has 0 bridgehead atoms. The summed E-state index contributed by atoms with van der Waals surface area (Å²) in [5.41, 5.74) is 0.880. The monoisotopic (exact) mass is 366 g/mol. The maximum atomic E-state index is 13.0. The Morgan fingerprint density at radius 3 is 2.52 bits per heavy atom. The van der Waals surface area contributed by atoms with Crippen LogP contribution in [0.2, 0.25) is 0 Å². The number of methoxy groups -OCH3 is 2. The van der Waals surface area contributed by atoms with Crippen molar-refractivity contribution in [3.05, 3.63) is 54.2 Å². The first kappa shape index (κ1) is 19.0. The zero-order valence-electron chi connectivity index (χ0n) is 15.9. The average Bonchev–Trinajstić information content (AvgIpc) is 2.73. The molecule has 5 heteroatoms. The van der Waals surface area contributed by atoms with Gasteiger partial charge in [0.1, 0.15) is 5.82 Å². The predicted molar refractivity (Wildman–Crippen MR) is 107 cm³/mol. The minimum Gasteiger partial charge on any atom is -0.493 e. The Morgan fingerprint density at radius 1 is 1.07 bits per heavy atom. The molecule has 27 heavy (non-hydrogen) atoms. The van der Waals surface area contributed by atoms with E-state index in [4.69, 9.17) is 9.47 Å². The van der Waals surface area contributed by atoms with Gasteiger partial charge in [0.2, 0.25) is 0 Å². The molecular weight excluding hydrogens is 340 g/mol. The summed E-state index contributed by atoms with van der Waals surface area (Å²) in [6.07, 6.45) is 10.7. The first-order valence-corrected chi connectivity index (χ1v) is 9.37. The molecule has 1 fully saturated rings. The van der Waals surface area contributed by atoms with E-state index in [1.165, 1.54) is 6.42 Å². The predicted octanol–water partition coefficient (Wildman–Crippen LogP) is 4.48.